The maximum Gasteiger partial charge on any atom is 0.271 e. The highest BCUT2D eigenvalue weighted by atomic mass is 16.2. The fraction of sp³-hybridized carbons (Fsp3) is 0.571. The van der Waals surface area contributed by atoms with Crippen LogP contribution in [0.4, 0.5) is 5.69 Å². The molecular weight excluding hydrogens is 324 g/mol. The molecule has 26 heavy (non-hydrogen) atoms. The number of rotatable bonds is 4. The van der Waals surface area contributed by atoms with Crippen molar-refractivity contribution >= 4 is 23.0 Å². The number of hydrogen-bond acceptors (Lipinski definition) is 4. The number of carbonyl (C=O) groups is 1. The van der Waals surface area contributed by atoms with Crippen LogP contribution < -0.4 is 10.9 Å². The molecule has 5 heteroatoms. The monoisotopic (exact) mass is 354 g/mol. The van der Waals surface area contributed by atoms with E-state index in [2.05, 4.69) is 34.9 Å². The SMILES string of the molecule is CC1CCC(=NNC(=O)c2ccc(NN=C3CCC(C)CC3)cc2)CC1. The zero-order valence-corrected chi connectivity index (χ0v) is 15.9. The molecule has 2 aliphatic carbocycles. The van der Waals surface area contributed by atoms with E-state index in [4.69, 9.17) is 0 Å². The number of nitrogens with zero attached hydrogens (tertiary/aromatic N) is 2. The molecule has 0 radical (unpaired) electrons. The van der Waals surface area contributed by atoms with Gasteiger partial charge in [-0.3, -0.25) is 10.2 Å². The maximum absolute atomic E-state index is 12.2. The molecule has 2 N–H and O–H groups in total. The van der Waals surface area contributed by atoms with E-state index in [1.54, 1.807) is 0 Å². The number of carbonyl (C=O) groups excluding carboxylic acids is 1. The van der Waals surface area contributed by atoms with Gasteiger partial charge in [-0.1, -0.05) is 13.8 Å². The predicted octanol–water partition coefficient (Wildman–Crippen LogP) is 4.96. The smallest absolute Gasteiger partial charge is 0.271 e. The molecule has 0 saturated heterocycles. The standard InChI is InChI=1S/C21H30N4O/c1-15-3-9-18(10-4-15)22-23-20-13-7-17(8-14-20)21(26)25-24-19-11-5-16(2)6-12-19/h7-8,13-16,23H,3-6,9-12H2,1-2H3,(H,25,26). The van der Waals surface area contributed by atoms with Gasteiger partial charge in [0, 0.05) is 17.0 Å². The molecule has 0 bridgehead atoms. The molecule has 1 aromatic rings. The normalized spacial score (nSPS) is 23.3. The van der Waals surface area contributed by atoms with Gasteiger partial charge in [-0.2, -0.15) is 10.2 Å². The molecule has 140 valence electrons. The van der Waals surface area contributed by atoms with Crippen molar-refractivity contribution in [2.24, 2.45) is 22.0 Å². The van der Waals surface area contributed by atoms with Crippen molar-refractivity contribution in [3.05, 3.63) is 29.8 Å². The Hall–Kier alpha value is -2.17. The van der Waals surface area contributed by atoms with Crippen molar-refractivity contribution in [3.63, 3.8) is 0 Å². The van der Waals surface area contributed by atoms with E-state index < -0.39 is 0 Å². The number of anilines is 1. The lowest BCUT2D eigenvalue weighted by Crippen LogP contribution is -2.21. The third kappa shape index (κ3) is 5.41. The van der Waals surface area contributed by atoms with Gasteiger partial charge < -0.3 is 0 Å². The molecule has 0 unspecified atom stereocenters. The van der Waals surface area contributed by atoms with E-state index in [1.807, 2.05) is 24.3 Å². The topological polar surface area (TPSA) is 65.8 Å². The Morgan fingerprint density at radius 3 is 1.88 bits per heavy atom. The van der Waals surface area contributed by atoms with E-state index in [0.29, 0.717) is 5.56 Å². The molecule has 0 aromatic heterocycles. The summed E-state index contributed by atoms with van der Waals surface area (Å²) < 4.78 is 0. The molecule has 0 heterocycles. The van der Waals surface area contributed by atoms with E-state index in [9.17, 15) is 4.79 Å². The van der Waals surface area contributed by atoms with Gasteiger partial charge in [0.25, 0.3) is 5.91 Å². The maximum atomic E-state index is 12.2. The van der Waals surface area contributed by atoms with Crippen molar-refractivity contribution in [1.29, 1.82) is 0 Å². The highest BCUT2D eigenvalue weighted by Crippen LogP contribution is 2.22. The number of benzene rings is 1. The van der Waals surface area contributed by atoms with E-state index in [1.165, 1.54) is 18.6 Å². The second-order valence-corrected chi connectivity index (χ2v) is 7.85. The molecule has 1 aromatic carbocycles. The Kier molecular flexibility index (Phi) is 6.42. The van der Waals surface area contributed by atoms with Crippen molar-refractivity contribution in [2.45, 2.75) is 65.2 Å². The van der Waals surface area contributed by atoms with Crippen molar-refractivity contribution in [3.8, 4) is 0 Å². The molecule has 0 aliphatic heterocycles. The lowest BCUT2D eigenvalue weighted by molar-refractivity contribution is 0.0954. The van der Waals surface area contributed by atoms with Crippen molar-refractivity contribution < 1.29 is 4.79 Å². The average molecular weight is 354 g/mol. The number of hydrogen-bond donors (Lipinski definition) is 2. The van der Waals surface area contributed by atoms with Crippen LogP contribution in [-0.2, 0) is 0 Å². The minimum Gasteiger partial charge on any atom is -0.279 e. The van der Waals surface area contributed by atoms with Gasteiger partial charge in [0.2, 0.25) is 0 Å². The second kappa shape index (κ2) is 8.97. The molecule has 2 fully saturated rings. The Balaban J connectivity index is 1.50. The first-order valence-corrected chi connectivity index (χ1v) is 9.87. The molecular formula is C21H30N4O. The van der Waals surface area contributed by atoms with Gasteiger partial charge in [-0.25, -0.2) is 5.43 Å². The minimum absolute atomic E-state index is 0.157. The van der Waals surface area contributed by atoms with Gasteiger partial charge in [-0.05, 0) is 87.5 Å². The van der Waals surface area contributed by atoms with E-state index in [-0.39, 0.29) is 5.91 Å². The molecule has 3 rings (SSSR count). The van der Waals surface area contributed by atoms with Crippen LogP contribution in [0.25, 0.3) is 0 Å². The number of amides is 1. The van der Waals surface area contributed by atoms with Crippen molar-refractivity contribution in [2.75, 3.05) is 5.43 Å². The average Bonchev–Trinajstić information content (AvgIpc) is 2.67. The van der Waals surface area contributed by atoms with Gasteiger partial charge in [0.05, 0.1) is 5.69 Å². The summed E-state index contributed by atoms with van der Waals surface area (Å²) in [5, 5.41) is 8.81. The Labute approximate surface area is 156 Å². The predicted molar refractivity (Wildman–Crippen MR) is 108 cm³/mol. The molecule has 0 atom stereocenters. The number of hydrazone groups is 2. The Morgan fingerprint density at radius 1 is 0.846 bits per heavy atom. The van der Waals surface area contributed by atoms with Crippen LogP contribution in [-0.4, -0.2) is 17.3 Å². The highest BCUT2D eigenvalue weighted by Gasteiger charge is 2.14. The zero-order valence-electron chi connectivity index (χ0n) is 15.9. The summed E-state index contributed by atoms with van der Waals surface area (Å²) in [6.07, 6.45) is 8.91. The summed E-state index contributed by atoms with van der Waals surface area (Å²) in [4.78, 5) is 12.2. The molecule has 0 spiro atoms. The Morgan fingerprint density at radius 2 is 1.35 bits per heavy atom. The lowest BCUT2D eigenvalue weighted by atomic mass is 9.90. The summed E-state index contributed by atoms with van der Waals surface area (Å²) in [5.41, 5.74) is 9.66. The highest BCUT2D eigenvalue weighted by molar-refractivity contribution is 5.96. The van der Waals surface area contributed by atoms with Gasteiger partial charge in [0.15, 0.2) is 0 Å². The second-order valence-electron chi connectivity index (χ2n) is 7.85. The fourth-order valence-electron chi connectivity index (χ4n) is 3.45. The lowest BCUT2D eigenvalue weighted by Gasteiger charge is -2.19. The molecule has 1 amide bonds. The van der Waals surface area contributed by atoms with Crippen LogP contribution in [0.5, 0.6) is 0 Å². The zero-order chi connectivity index (χ0) is 18.4. The van der Waals surface area contributed by atoms with E-state index in [0.717, 1.165) is 61.8 Å². The van der Waals surface area contributed by atoms with Crippen LogP contribution in [0.3, 0.4) is 0 Å². The first-order valence-electron chi connectivity index (χ1n) is 9.87. The first-order chi connectivity index (χ1) is 12.6. The van der Waals surface area contributed by atoms with Crippen LogP contribution in [0.1, 0.15) is 75.6 Å². The Bertz CT molecular complexity index is 658. The van der Waals surface area contributed by atoms with Crippen LogP contribution in [0.15, 0.2) is 34.5 Å². The van der Waals surface area contributed by atoms with Crippen LogP contribution in [0, 0.1) is 11.8 Å². The van der Waals surface area contributed by atoms with Gasteiger partial charge in [0.1, 0.15) is 0 Å². The molecule has 2 aliphatic rings. The number of nitrogens with one attached hydrogen (secondary N) is 2. The third-order valence-electron chi connectivity index (χ3n) is 5.51. The van der Waals surface area contributed by atoms with Crippen molar-refractivity contribution in [1.82, 2.24) is 5.43 Å². The fourth-order valence-corrected chi connectivity index (χ4v) is 3.45. The summed E-state index contributed by atoms with van der Waals surface area (Å²) in [6.45, 7) is 4.57. The van der Waals surface area contributed by atoms with Gasteiger partial charge in [-0.15, -0.1) is 0 Å². The summed E-state index contributed by atoms with van der Waals surface area (Å²) in [7, 11) is 0. The quantitative estimate of drug-likeness (QED) is 0.751. The summed E-state index contributed by atoms with van der Waals surface area (Å²) in [5.74, 6) is 1.42. The summed E-state index contributed by atoms with van der Waals surface area (Å²) in [6, 6.07) is 7.40. The molecule has 5 nitrogen and oxygen atoms in total. The minimum atomic E-state index is -0.157. The van der Waals surface area contributed by atoms with E-state index >= 15 is 0 Å². The van der Waals surface area contributed by atoms with Crippen LogP contribution in [0.2, 0.25) is 0 Å². The third-order valence-corrected chi connectivity index (χ3v) is 5.51. The molecule has 2 saturated carbocycles. The largest absolute Gasteiger partial charge is 0.279 e. The first kappa shape index (κ1) is 18.6. The van der Waals surface area contributed by atoms with Gasteiger partial charge >= 0.3 is 0 Å². The van der Waals surface area contributed by atoms with Crippen LogP contribution >= 0.6 is 0 Å². The summed E-state index contributed by atoms with van der Waals surface area (Å²) >= 11 is 0.